The predicted octanol–water partition coefficient (Wildman–Crippen LogP) is 2.30. The van der Waals surface area contributed by atoms with Gasteiger partial charge in [-0.2, -0.15) is 0 Å². The molecule has 0 bridgehead atoms. The summed E-state index contributed by atoms with van der Waals surface area (Å²) in [5.74, 6) is 0.430. The Labute approximate surface area is 128 Å². The van der Waals surface area contributed by atoms with Gasteiger partial charge in [0, 0.05) is 32.1 Å². The van der Waals surface area contributed by atoms with Gasteiger partial charge in [0.1, 0.15) is 0 Å². The van der Waals surface area contributed by atoms with Crippen LogP contribution in [-0.4, -0.2) is 53.7 Å². The Bertz CT molecular complexity index is 479. The number of carbonyl (C=O) groups is 2. The fraction of sp³-hybridized carbons (Fsp3) is 0.571. The van der Waals surface area contributed by atoms with Crippen LogP contribution in [0.4, 0.5) is 0 Å². The van der Waals surface area contributed by atoms with E-state index in [2.05, 4.69) is 0 Å². The molecule has 1 fully saturated rings. The highest BCUT2D eigenvalue weighted by Crippen LogP contribution is 2.22. The van der Waals surface area contributed by atoms with Crippen molar-refractivity contribution in [3.05, 3.63) is 22.4 Å². The van der Waals surface area contributed by atoms with Gasteiger partial charge in [-0.25, -0.2) is 0 Å². The highest BCUT2D eigenvalue weighted by molar-refractivity contribution is 7.12. The van der Waals surface area contributed by atoms with Gasteiger partial charge in [0.2, 0.25) is 5.91 Å². The predicted molar refractivity (Wildman–Crippen MR) is 81.3 cm³/mol. The molecular weight excluding hydrogens is 296 g/mol. The SMILES string of the molecule is CC(C)(CCl)C(=O)N1CCN(C(=O)c2cccs2)CC1. The molecule has 110 valence electrons. The second-order valence-electron chi connectivity index (χ2n) is 5.58. The van der Waals surface area contributed by atoms with Crippen LogP contribution < -0.4 is 0 Å². The van der Waals surface area contributed by atoms with Crippen LogP contribution in [0.1, 0.15) is 23.5 Å². The Hall–Kier alpha value is -1.07. The maximum absolute atomic E-state index is 12.3. The summed E-state index contributed by atoms with van der Waals surface area (Å²) in [7, 11) is 0. The van der Waals surface area contributed by atoms with Crippen molar-refractivity contribution < 1.29 is 9.59 Å². The first-order chi connectivity index (χ1) is 9.45. The summed E-state index contributed by atoms with van der Waals surface area (Å²) in [4.78, 5) is 28.9. The smallest absolute Gasteiger partial charge is 0.264 e. The summed E-state index contributed by atoms with van der Waals surface area (Å²) in [5.41, 5.74) is -0.540. The molecule has 20 heavy (non-hydrogen) atoms. The molecule has 0 N–H and O–H groups in total. The van der Waals surface area contributed by atoms with Crippen LogP contribution >= 0.6 is 22.9 Å². The van der Waals surface area contributed by atoms with Gasteiger partial charge in [-0.15, -0.1) is 22.9 Å². The average molecular weight is 315 g/mol. The van der Waals surface area contributed by atoms with E-state index in [4.69, 9.17) is 11.6 Å². The summed E-state index contributed by atoms with van der Waals surface area (Å²) in [5, 5.41) is 1.90. The van der Waals surface area contributed by atoms with Crippen LogP contribution in [0.5, 0.6) is 0 Å². The van der Waals surface area contributed by atoms with Crippen molar-refractivity contribution in [3.63, 3.8) is 0 Å². The van der Waals surface area contributed by atoms with E-state index < -0.39 is 5.41 Å². The molecule has 1 saturated heterocycles. The quantitative estimate of drug-likeness (QED) is 0.803. The van der Waals surface area contributed by atoms with Crippen LogP contribution in [0.15, 0.2) is 17.5 Å². The van der Waals surface area contributed by atoms with E-state index in [0.717, 1.165) is 4.88 Å². The summed E-state index contributed by atoms with van der Waals surface area (Å²) in [6.45, 7) is 6.03. The number of rotatable bonds is 3. The molecular formula is C14H19ClN2O2S. The van der Waals surface area contributed by atoms with Crippen molar-refractivity contribution in [2.75, 3.05) is 32.1 Å². The van der Waals surface area contributed by atoms with Gasteiger partial charge in [0.15, 0.2) is 0 Å². The van der Waals surface area contributed by atoms with Gasteiger partial charge >= 0.3 is 0 Å². The van der Waals surface area contributed by atoms with Gasteiger partial charge < -0.3 is 9.80 Å². The second kappa shape index (κ2) is 6.14. The largest absolute Gasteiger partial charge is 0.339 e. The molecule has 1 aliphatic heterocycles. The van der Waals surface area contributed by atoms with Crippen LogP contribution in [0.2, 0.25) is 0 Å². The Morgan fingerprint density at radius 2 is 1.85 bits per heavy atom. The molecule has 2 heterocycles. The molecule has 1 aromatic heterocycles. The molecule has 1 aromatic rings. The monoisotopic (exact) mass is 314 g/mol. The molecule has 0 saturated carbocycles. The highest BCUT2D eigenvalue weighted by atomic mass is 35.5. The number of nitrogens with zero attached hydrogens (tertiary/aromatic N) is 2. The minimum atomic E-state index is -0.540. The third-order valence-corrected chi connectivity index (χ3v) is 5.03. The minimum absolute atomic E-state index is 0.0590. The minimum Gasteiger partial charge on any atom is -0.339 e. The van der Waals surface area contributed by atoms with E-state index >= 15 is 0 Å². The lowest BCUT2D eigenvalue weighted by Crippen LogP contribution is -2.53. The maximum atomic E-state index is 12.3. The van der Waals surface area contributed by atoms with Gasteiger partial charge in [-0.05, 0) is 25.3 Å². The first-order valence-corrected chi connectivity index (χ1v) is 8.05. The first kappa shape index (κ1) is 15.3. The van der Waals surface area contributed by atoms with Crippen molar-refractivity contribution in [3.8, 4) is 0 Å². The van der Waals surface area contributed by atoms with E-state index in [1.54, 1.807) is 4.90 Å². The zero-order chi connectivity index (χ0) is 14.8. The zero-order valence-electron chi connectivity index (χ0n) is 11.8. The molecule has 6 heteroatoms. The third-order valence-electron chi connectivity index (χ3n) is 3.50. The standard InChI is InChI=1S/C14H19ClN2O2S/c1-14(2,10-15)13(19)17-7-5-16(6-8-17)12(18)11-4-3-9-20-11/h3-4,9H,5-8,10H2,1-2H3. The maximum Gasteiger partial charge on any atom is 0.264 e. The number of halogens is 1. The van der Waals surface area contributed by atoms with E-state index in [-0.39, 0.29) is 11.8 Å². The number of hydrogen-bond donors (Lipinski definition) is 0. The zero-order valence-corrected chi connectivity index (χ0v) is 13.3. The van der Waals surface area contributed by atoms with E-state index in [9.17, 15) is 9.59 Å². The number of thiophene rings is 1. The molecule has 0 aromatic carbocycles. The lowest BCUT2D eigenvalue weighted by Gasteiger charge is -2.38. The van der Waals surface area contributed by atoms with Gasteiger partial charge in [-0.1, -0.05) is 6.07 Å². The summed E-state index contributed by atoms with van der Waals surface area (Å²) in [6, 6.07) is 3.71. The Kier molecular flexibility index (Phi) is 4.70. The van der Waals surface area contributed by atoms with E-state index in [1.807, 2.05) is 36.3 Å². The van der Waals surface area contributed by atoms with E-state index in [0.29, 0.717) is 32.1 Å². The number of alkyl halides is 1. The van der Waals surface area contributed by atoms with Crippen molar-refractivity contribution in [2.45, 2.75) is 13.8 Å². The van der Waals surface area contributed by atoms with Crippen molar-refractivity contribution in [1.29, 1.82) is 0 Å². The molecule has 0 aliphatic carbocycles. The Balaban J connectivity index is 1.93. The molecule has 0 spiro atoms. The van der Waals surface area contributed by atoms with Gasteiger partial charge in [0.05, 0.1) is 10.3 Å². The normalized spacial score (nSPS) is 16.4. The summed E-state index contributed by atoms with van der Waals surface area (Å²) < 4.78 is 0. The topological polar surface area (TPSA) is 40.6 Å². The highest BCUT2D eigenvalue weighted by Gasteiger charge is 2.33. The summed E-state index contributed by atoms with van der Waals surface area (Å²) in [6.07, 6.45) is 0. The van der Waals surface area contributed by atoms with Crippen LogP contribution in [0.3, 0.4) is 0 Å². The van der Waals surface area contributed by atoms with Gasteiger partial charge in [0.25, 0.3) is 5.91 Å². The average Bonchev–Trinajstić information content (AvgIpc) is 3.00. The molecule has 1 aliphatic rings. The lowest BCUT2D eigenvalue weighted by atomic mass is 9.94. The number of amides is 2. The van der Waals surface area contributed by atoms with Crippen LogP contribution in [0, 0.1) is 5.41 Å². The van der Waals surface area contributed by atoms with Crippen molar-refractivity contribution >= 4 is 34.8 Å². The fourth-order valence-electron chi connectivity index (χ4n) is 2.15. The molecule has 0 radical (unpaired) electrons. The van der Waals surface area contributed by atoms with Crippen molar-refractivity contribution in [2.24, 2.45) is 5.41 Å². The number of hydrogen-bond acceptors (Lipinski definition) is 3. The Morgan fingerprint density at radius 3 is 2.35 bits per heavy atom. The summed E-state index contributed by atoms with van der Waals surface area (Å²) >= 11 is 7.29. The molecule has 2 amide bonds. The molecule has 4 nitrogen and oxygen atoms in total. The molecule has 2 rings (SSSR count). The number of carbonyl (C=O) groups excluding carboxylic acids is 2. The lowest BCUT2D eigenvalue weighted by molar-refractivity contribution is -0.140. The van der Waals surface area contributed by atoms with E-state index in [1.165, 1.54) is 11.3 Å². The third kappa shape index (κ3) is 3.15. The Morgan fingerprint density at radius 1 is 1.25 bits per heavy atom. The fourth-order valence-corrected chi connectivity index (χ4v) is 2.96. The molecule has 0 unspecified atom stereocenters. The van der Waals surface area contributed by atoms with Crippen molar-refractivity contribution in [1.82, 2.24) is 9.80 Å². The number of piperazine rings is 1. The van der Waals surface area contributed by atoms with Crippen LogP contribution in [-0.2, 0) is 4.79 Å². The second-order valence-corrected chi connectivity index (χ2v) is 6.79. The molecule has 0 atom stereocenters. The van der Waals surface area contributed by atoms with Gasteiger partial charge in [-0.3, -0.25) is 9.59 Å². The first-order valence-electron chi connectivity index (χ1n) is 6.64. The van der Waals surface area contributed by atoms with Crippen LogP contribution in [0.25, 0.3) is 0 Å².